The third-order valence-electron chi connectivity index (χ3n) is 13.4. The smallest absolute Gasteiger partial charge is 0.268 e. The van der Waals surface area contributed by atoms with E-state index in [0.717, 1.165) is 50.5 Å². The predicted octanol–water partition coefficient (Wildman–Crippen LogP) is 4.20. The highest BCUT2D eigenvalue weighted by Crippen LogP contribution is 2.68. The van der Waals surface area contributed by atoms with E-state index in [9.17, 15) is 24.6 Å². The molecule has 9 heteroatoms. The summed E-state index contributed by atoms with van der Waals surface area (Å²) < 4.78 is 0. The van der Waals surface area contributed by atoms with Crippen molar-refractivity contribution in [2.75, 3.05) is 12.3 Å². The number of rotatable bonds is 7. The summed E-state index contributed by atoms with van der Waals surface area (Å²) in [6, 6.07) is -0.590. The van der Waals surface area contributed by atoms with Crippen molar-refractivity contribution >= 4 is 29.5 Å². The molecule has 0 spiro atoms. The summed E-state index contributed by atoms with van der Waals surface area (Å²) in [5.74, 6) is 3.08. The highest BCUT2D eigenvalue weighted by molar-refractivity contribution is 8.00. The molecule has 4 saturated carbocycles. The molecule has 5 fully saturated rings. The highest BCUT2D eigenvalue weighted by Gasteiger charge is 2.63. The van der Waals surface area contributed by atoms with Gasteiger partial charge < -0.3 is 20.8 Å². The lowest BCUT2D eigenvalue weighted by molar-refractivity contribution is -0.175. The molecule has 0 aromatic heterocycles. The maximum Gasteiger partial charge on any atom is 0.268 e. The van der Waals surface area contributed by atoms with Crippen LogP contribution in [0.4, 0.5) is 0 Å². The Balaban J connectivity index is 1.06. The number of nitrogens with one attached hydrogen (secondary N) is 2. The molecule has 4 N–H and O–H groups in total. The Hall–Kier alpha value is -1.58. The fraction of sp³-hybridized carbons (Fsp3) is 0.853. The molecule has 240 valence electrons. The number of nitrogens with zero attached hydrogens (tertiary/aromatic N) is 1. The van der Waals surface area contributed by atoms with Gasteiger partial charge in [-0.1, -0.05) is 20.8 Å². The van der Waals surface area contributed by atoms with Gasteiger partial charge in [-0.2, -0.15) is 0 Å². The first-order valence-corrected chi connectivity index (χ1v) is 18.0. The second-order valence-electron chi connectivity index (χ2n) is 15.3. The Morgan fingerprint density at radius 3 is 2.60 bits per heavy atom. The molecule has 8 nitrogen and oxygen atoms in total. The van der Waals surface area contributed by atoms with E-state index in [1.165, 1.54) is 12.8 Å². The van der Waals surface area contributed by atoms with Crippen LogP contribution in [0.5, 0.6) is 0 Å². The largest absolute Gasteiger partial charge is 0.393 e. The fourth-order valence-electron chi connectivity index (χ4n) is 11.0. The van der Waals surface area contributed by atoms with Crippen molar-refractivity contribution in [3.05, 3.63) is 11.3 Å². The van der Waals surface area contributed by atoms with E-state index in [1.807, 2.05) is 13.8 Å². The summed E-state index contributed by atoms with van der Waals surface area (Å²) in [7, 11) is 0. The molecule has 2 aliphatic heterocycles. The number of hydrogen-bond acceptors (Lipinski definition) is 6. The number of thioether (sulfide) groups is 1. The van der Waals surface area contributed by atoms with E-state index < -0.39 is 6.04 Å². The highest BCUT2D eigenvalue weighted by atomic mass is 32.2. The van der Waals surface area contributed by atoms with Crippen LogP contribution in [0.15, 0.2) is 11.3 Å². The summed E-state index contributed by atoms with van der Waals surface area (Å²) in [6.07, 6.45) is 9.07. The van der Waals surface area contributed by atoms with Crippen LogP contribution >= 0.6 is 11.8 Å². The van der Waals surface area contributed by atoms with Gasteiger partial charge in [0.2, 0.25) is 5.91 Å². The van der Waals surface area contributed by atoms with Crippen molar-refractivity contribution < 1.29 is 24.6 Å². The summed E-state index contributed by atoms with van der Waals surface area (Å²) in [6.45, 7) is 11.3. The van der Waals surface area contributed by atoms with E-state index in [1.54, 1.807) is 16.7 Å². The third-order valence-corrected chi connectivity index (χ3v) is 14.8. The Kier molecular flexibility index (Phi) is 8.51. The Labute approximate surface area is 261 Å². The van der Waals surface area contributed by atoms with Crippen LogP contribution in [0, 0.1) is 46.3 Å². The minimum atomic E-state index is -0.590. The van der Waals surface area contributed by atoms with Crippen LogP contribution in [0.2, 0.25) is 0 Å². The van der Waals surface area contributed by atoms with Gasteiger partial charge in [0.25, 0.3) is 11.8 Å². The molecule has 0 radical (unpaired) electrons. The van der Waals surface area contributed by atoms with Gasteiger partial charge in [0.05, 0.1) is 12.2 Å². The monoisotopic (exact) mass is 615 g/mol. The number of β-lactam (4-membered cyclic amide) rings is 1. The quantitative estimate of drug-likeness (QED) is 0.319. The number of aliphatic hydroxyl groups is 2. The van der Waals surface area contributed by atoms with Gasteiger partial charge >= 0.3 is 0 Å². The van der Waals surface area contributed by atoms with Crippen molar-refractivity contribution in [2.24, 2.45) is 46.3 Å². The van der Waals surface area contributed by atoms with Crippen LogP contribution in [-0.4, -0.2) is 68.8 Å². The van der Waals surface area contributed by atoms with Crippen LogP contribution in [-0.2, 0) is 14.4 Å². The molecular formula is C34H53N3O5S. The van der Waals surface area contributed by atoms with Gasteiger partial charge in [-0.3, -0.25) is 19.3 Å². The Bertz CT molecular complexity index is 1180. The standard InChI is InChI=1S/C34H53N3O5S/c1-6-35-30(41)29-19(3)17-43-32-28(31(42)37(29)32)36-27(40)12-7-18(2)23-10-11-24-22-9-8-20-15-21(38)13-14-33(20,4)25(22)16-26(39)34(23,24)5/h18,20-26,28,32,38-39H,6-17H2,1-5H3,(H,35,41)(H,36,40). The zero-order valence-corrected chi connectivity index (χ0v) is 27.5. The lowest BCUT2D eigenvalue weighted by Crippen LogP contribution is -2.70. The van der Waals surface area contributed by atoms with Crippen LogP contribution in [0.25, 0.3) is 0 Å². The van der Waals surface area contributed by atoms with E-state index in [-0.39, 0.29) is 46.1 Å². The fourth-order valence-corrected chi connectivity index (χ4v) is 12.3. The number of likely N-dealkylation sites (N-methyl/N-ethyl adjacent to an activating group) is 1. The zero-order valence-electron chi connectivity index (χ0n) is 26.7. The van der Waals surface area contributed by atoms with Crippen molar-refractivity contribution in [3.63, 3.8) is 0 Å². The van der Waals surface area contributed by atoms with E-state index in [4.69, 9.17) is 0 Å². The van der Waals surface area contributed by atoms with Crippen LogP contribution in [0.1, 0.15) is 98.8 Å². The van der Waals surface area contributed by atoms with E-state index >= 15 is 0 Å². The maximum absolute atomic E-state index is 13.1. The number of amides is 3. The molecule has 4 aliphatic carbocycles. The summed E-state index contributed by atoms with van der Waals surface area (Å²) >= 11 is 1.60. The Morgan fingerprint density at radius 2 is 1.86 bits per heavy atom. The first kappa shape index (κ1) is 31.4. The van der Waals surface area contributed by atoms with Gasteiger partial charge in [0, 0.05) is 18.7 Å². The average Bonchev–Trinajstić information content (AvgIpc) is 3.34. The molecule has 1 saturated heterocycles. The number of carbonyl (C=O) groups is 3. The van der Waals surface area contributed by atoms with E-state index in [2.05, 4.69) is 31.4 Å². The van der Waals surface area contributed by atoms with E-state index in [0.29, 0.717) is 59.9 Å². The minimum Gasteiger partial charge on any atom is -0.393 e. The lowest BCUT2D eigenvalue weighted by Gasteiger charge is -2.62. The zero-order chi connectivity index (χ0) is 30.8. The molecule has 0 aromatic carbocycles. The number of fused-ring (bicyclic) bond motifs is 6. The van der Waals surface area contributed by atoms with Crippen molar-refractivity contribution in [1.82, 2.24) is 15.5 Å². The van der Waals surface area contributed by atoms with Gasteiger partial charge in [0.15, 0.2) is 0 Å². The summed E-state index contributed by atoms with van der Waals surface area (Å²) in [4.78, 5) is 40.4. The second-order valence-corrected chi connectivity index (χ2v) is 16.5. The van der Waals surface area contributed by atoms with Crippen LogP contribution in [0.3, 0.4) is 0 Å². The van der Waals surface area contributed by atoms with Crippen molar-refractivity contribution in [1.29, 1.82) is 0 Å². The number of carbonyl (C=O) groups excluding carboxylic acids is 3. The molecule has 3 amide bonds. The third kappa shape index (κ3) is 4.98. The second kappa shape index (κ2) is 11.7. The van der Waals surface area contributed by atoms with Crippen molar-refractivity contribution in [2.45, 2.75) is 122 Å². The minimum absolute atomic E-state index is 0.106. The number of hydrogen-bond donors (Lipinski definition) is 4. The van der Waals surface area contributed by atoms with Crippen molar-refractivity contribution in [3.8, 4) is 0 Å². The van der Waals surface area contributed by atoms with Crippen LogP contribution < -0.4 is 10.6 Å². The molecule has 0 aromatic rings. The number of aliphatic hydroxyl groups excluding tert-OH is 2. The van der Waals surface area contributed by atoms with Gasteiger partial charge in [0.1, 0.15) is 17.1 Å². The SMILES string of the molecule is CCNC(=O)C1=C(C)CSC2C(NC(=O)CCC(C)C3CCC4C5CCC6CC(O)CCC6(C)C5CC(O)C34C)C(=O)N12. The van der Waals surface area contributed by atoms with Gasteiger partial charge in [-0.05, 0) is 124 Å². The lowest BCUT2D eigenvalue weighted by atomic mass is 9.43. The topological polar surface area (TPSA) is 119 Å². The maximum atomic E-state index is 13.1. The molecule has 0 bridgehead atoms. The molecule has 6 aliphatic rings. The summed E-state index contributed by atoms with van der Waals surface area (Å²) in [5.41, 5.74) is 1.43. The van der Waals surface area contributed by atoms with Gasteiger partial charge in [-0.15, -0.1) is 11.8 Å². The molecule has 12 atom stereocenters. The molecular weight excluding hydrogens is 562 g/mol. The van der Waals surface area contributed by atoms with Gasteiger partial charge in [-0.25, -0.2) is 0 Å². The average molecular weight is 616 g/mol. The molecule has 2 heterocycles. The first-order valence-electron chi connectivity index (χ1n) is 17.0. The first-order chi connectivity index (χ1) is 20.4. The molecule has 12 unspecified atom stereocenters. The molecule has 6 rings (SSSR count). The normalized spacial score (nSPS) is 44.4. The molecule has 43 heavy (non-hydrogen) atoms. The predicted molar refractivity (Wildman–Crippen MR) is 167 cm³/mol. The summed E-state index contributed by atoms with van der Waals surface area (Å²) in [5, 5.41) is 27.8. The Morgan fingerprint density at radius 1 is 1.09 bits per heavy atom.